The summed E-state index contributed by atoms with van der Waals surface area (Å²) in [6, 6.07) is 10.1. The summed E-state index contributed by atoms with van der Waals surface area (Å²) in [5, 5.41) is 3.16. The normalized spacial score (nSPS) is 16.9. The molecule has 1 aliphatic heterocycles. The van der Waals surface area contributed by atoms with E-state index in [4.69, 9.17) is 0 Å². The molecular formula is C17H27ClN2OS. The fraction of sp³-hybridized carbons (Fsp3) is 0.588. The van der Waals surface area contributed by atoms with Crippen molar-refractivity contribution in [3.8, 4) is 0 Å². The molecule has 2 rings (SSSR count). The van der Waals surface area contributed by atoms with Crippen LogP contribution < -0.4 is 5.32 Å². The maximum absolute atomic E-state index is 12.7. The van der Waals surface area contributed by atoms with Gasteiger partial charge < -0.3 is 10.2 Å². The summed E-state index contributed by atoms with van der Waals surface area (Å²) in [7, 11) is 2.00. The zero-order valence-corrected chi connectivity index (χ0v) is 15.1. The molecule has 1 atom stereocenters. The van der Waals surface area contributed by atoms with Gasteiger partial charge in [0, 0.05) is 13.1 Å². The van der Waals surface area contributed by atoms with E-state index in [0.717, 1.165) is 44.0 Å². The first-order chi connectivity index (χ1) is 10.3. The highest BCUT2D eigenvalue weighted by molar-refractivity contribution is 7.99. The summed E-state index contributed by atoms with van der Waals surface area (Å²) >= 11 is 1.64. The van der Waals surface area contributed by atoms with E-state index in [1.54, 1.807) is 11.8 Å². The van der Waals surface area contributed by atoms with Crippen LogP contribution in [-0.4, -0.2) is 43.7 Å². The molecular weight excluding hydrogens is 316 g/mol. The predicted molar refractivity (Wildman–Crippen MR) is 97.8 cm³/mol. The smallest absolute Gasteiger partial charge is 0.240 e. The van der Waals surface area contributed by atoms with Crippen LogP contribution in [0.4, 0.5) is 0 Å². The predicted octanol–water partition coefficient (Wildman–Crippen LogP) is 3.36. The van der Waals surface area contributed by atoms with Crippen LogP contribution in [0.15, 0.2) is 30.3 Å². The molecule has 0 aromatic heterocycles. The first kappa shape index (κ1) is 19.3. The van der Waals surface area contributed by atoms with E-state index >= 15 is 0 Å². The second-order valence-corrected chi connectivity index (χ2v) is 6.63. The van der Waals surface area contributed by atoms with Gasteiger partial charge >= 0.3 is 0 Å². The van der Waals surface area contributed by atoms with Gasteiger partial charge in [0.15, 0.2) is 0 Å². The summed E-state index contributed by atoms with van der Waals surface area (Å²) in [6.07, 6.45) is 5.53. The molecule has 1 saturated heterocycles. The van der Waals surface area contributed by atoms with Gasteiger partial charge in [-0.25, -0.2) is 0 Å². The van der Waals surface area contributed by atoms with Crippen molar-refractivity contribution < 1.29 is 4.79 Å². The zero-order chi connectivity index (χ0) is 15.1. The molecule has 124 valence electrons. The number of halogens is 1. The van der Waals surface area contributed by atoms with Crippen molar-refractivity contribution in [2.75, 3.05) is 32.9 Å². The van der Waals surface area contributed by atoms with Crippen molar-refractivity contribution in [2.24, 2.45) is 5.92 Å². The van der Waals surface area contributed by atoms with E-state index in [-0.39, 0.29) is 23.6 Å². The van der Waals surface area contributed by atoms with Crippen molar-refractivity contribution >= 4 is 30.1 Å². The quantitative estimate of drug-likeness (QED) is 0.860. The van der Waals surface area contributed by atoms with Gasteiger partial charge in [-0.05, 0) is 50.6 Å². The van der Waals surface area contributed by atoms with Gasteiger partial charge in [0.2, 0.25) is 5.91 Å². The number of rotatable bonds is 6. The Morgan fingerprint density at radius 1 is 1.32 bits per heavy atom. The number of hydrogen-bond donors (Lipinski definition) is 1. The van der Waals surface area contributed by atoms with E-state index in [1.165, 1.54) is 6.42 Å². The third kappa shape index (κ3) is 5.18. The molecule has 5 heteroatoms. The van der Waals surface area contributed by atoms with Crippen molar-refractivity contribution in [1.29, 1.82) is 0 Å². The molecule has 1 heterocycles. The Bertz CT molecular complexity index is 436. The number of nitrogens with one attached hydrogen (secondary N) is 1. The number of piperidine rings is 1. The fourth-order valence-corrected chi connectivity index (χ4v) is 3.74. The lowest BCUT2D eigenvalue weighted by Gasteiger charge is -2.34. The lowest BCUT2D eigenvalue weighted by molar-refractivity contribution is -0.132. The van der Waals surface area contributed by atoms with Gasteiger partial charge in [-0.3, -0.25) is 4.79 Å². The SMILES string of the molecule is CNCCC1CCN(C(=O)C(SC)c2ccccc2)CC1.Cl. The van der Waals surface area contributed by atoms with Crippen molar-refractivity contribution in [3.63, 3.8) is 0 Å². The lowest BCUT2D eigenvalue weighted by Crippen LogP contribution is -2.40. The van der Waals surface area contributed by atoms with Gasteiger partial charge in [-0.15, -0.1) is 24.2 Å². The maximum atomic E-state index is 12.7. The molecule has 3 nitrogen and oxygen atoms in total. The van der Waals surface area contributed by atoms with Crippen molar-refractivity contribution in [1.82, 2.24) is 10.2 Å². The molecule has 22 heavy (non-hydrogen) atoms. The molecule has 1 aromatic rings. The summed E-state index contributed by atoms with van der Waals surface area (Å²) in [5.41, 5.74) is 1.12. The summed E-state index contributed by atoms with van der Waals surface area (Å²) in [5.74, 6) is 1.05. The van der Waals surface area contributed by atoms with Crippen LogP contribution in [-0.2, 0) is 4.79 Å². The number of thioether (sulfide) groups is 1. The number of carbonyl (C=O) groups excluding carboxylic acids is 1. The number of hydrogen-bond acceptors (Lipinski definition) is 3. The Hall–Kier alpha value is -0.710. The Morgan fingerprint density at radius 3 is 2.50 bits per heavy atom. The van der Waals surface area contributed by atoms with Gasteiger partial charge in [0.1, 0.15) is 5.25 Å². The Morgan fingerprint density at radius 2 is 1.95 bits per heavy atom. The third-order valence-corrected chi connectivity index (χ3v) is 5.24. The van der Waals surface area contributed by atoms with Crippen LogP contribution in [0.1, 0.15) is 30.1 Å². The minimum Gasteiger partial charge on any atom is -0.341 e. The number of benzene rings is 1. The molecule has 1 aromatic carbocycles. The standard InChI is InChI=1S/C17H26N2OS.ClH/c1-18-11-8-14-9-12-19(13-10-14)17(20)16(21-2)15-6-4-3-5-7-15;/h3-7,14,16,18H,8-13H2,1-2H3;1H. The Labute approximate surface area is 144 Å². The topological polar surface area (TPSA) is 32.3 Å². The molecule has 1 fully saturated rings. The highest BCUT2D eigenvalue weighted by Gasteiger charge is 2.28. The molecule has 1 unspecified atom stereocenters. The average molecular weight is 343 g/mol. The minimum absolute atomic E-state index is 0. The second kappa shape index (κ2) is 10.1. The first-order valence-electron chi connectivity index (χ1n) is 7.77. The van der Waals surface area contributed by atoms with Crippen LogP contribution in [0.3, 0.4) is 0 Å². The summed E-state index contributed by atoms with van der Waals surface area (Å²) < 4.78 is 0. The van der Waals surface area contributed by atoms with Crippen LogP contribution >= 0.6 is 24.2 Å². The maximum Gasteiger partial charge on any atom is 0.240 e. The Balaban J connectivity index is 0.00000242. The first-order valence-corrected chi connectivity index (χ1v) is 9.06. The van der Waals surface area contributed by atoms with Gasteiger partial charge in [0.05, 0.1) is 0 Å². The molecule has 0 saturated carbocycles. The molecule has 0 radical (unpaired) electrons. The minimum atomic E-state index is -0.0555. The molecule has 1 amide bonds. The number of likely N-dealkylation sites (tertiary alicyclic amines) is 1. The van der Waals surface area contributed by atoms with Crippen LogP contribution in [0.5, 0.6) is 0 Å². The summed E-state index contributed by atoms with van der Waals surface area (Å²) in [4.78, 5) is 14.8. The largest absolute Gasteiger partial charge is 0.341 e. The molecule has 0 aliphatic carbocycles. The number of carbonyl (C=O) groups is 1. The Kier molecular flexibility index (Phi) is 8.91. The number of amides is 1. The molecule has 1 aliphatic rings. The third-order valence-electron chi connectivity index (χ3n) is 4.29. The van der Waals surface area contributed by atoms with E-state index in [0.29, 0.717) is 0 Å². The van der Waals surface area contributed by atoms with Crippen LogP contribution in [0, 0.1) is 5.92 Å². The van der Waals surface area contributed by atoms with Crippen molar-refractivity contribution in [3.05, 3.63) is 35.9 Å². The highest BCUT2D eigenvalue weighted by atomic mass is 35.5. The van der Waals surface area contributed by atoms with Gasteiger partial charge in [0.25, 0.3) is 0 Å². The second-order valence-electron chi connectivity index (χ2n) is 5.69. The molecule has 0 bridgehead atoms. The van der Waals surface area contributed by atoms with E-state index in [1.807, 2.05) is 31.5 Å². The fourth-order valence-electron chi connectivity index (χ4n) is 2.96. The van der Waals surface area contributed by atoms with E-state index < -0.39 is 0 Å². The zero-order valence-electron chi connectivity index (χ0n) is 13.5. The molecule has 1 N–H and O–H groups in total. The highest BCUT2D eigenvalue weighted by Crippen LogP contribution is 2.30. The lowest BCUT2D eigenvalue weighted by atomic mass is 9.93. The van der Waals surface area contributed by atoms with Crippen molar-refractivity contribution in [2.45, 2.75) is 24.5 Å². The average Bonchev–Trinajstić information content (AvgIpc) is 2.55. The molecule has 0 spiro atoms. The van der Waals surface area contributed by atoms with E-state index in [2.05, 4.69) is 22.3 Å². The van der Waals surface area contributed by atoms with E-state index in [9.17, 15) is 4.79 Å². The monoisotopic (exact) mass is 342 g/mol. The number of nitrogens with zero attached hydrogens (tertiary/aromatic N) is 1. The van der Waals surface area contributed by atoms with Gasteiger partial charge in [-0.1, -0.05) is 30.3 Å². The summed E-state index contributed by atoms with van der Waals surface area (Å²) in [6.45, 7) is 2.91. The van der Waals surface area contributed by atoms with Gasteiger partial charge in [-0.2, -0.15) is 0 Å². The van der Waals surface area contributed by atoms with Crippen LogP contribution in [0.25, 0.3) is 0 Å². The van der Waals surface area contributed by atoms with Crippen LogP contribution in [0.2, 0.25) is 0 Å².